The van der Waals surface area contributed by atoms with Crippen LogP contribution >= 0.6 is 0 Å². The van der Waals surface area contributed by atoms with Crippen molar-refractivity contribution in [3.05, 3.63) is 23.9 Å². The van der Waals surface area contributed by atoms with Gasteiger partial charge in [0.15, 0.2) is 6.61 Å². The summed E-state index contributed by atoms with van der Waals surface area (Å²) in [5, 5.41) is 0. The van der Waals surface area contributed by atoms with Gasteiger partial charge in [-0.1, -0.05) is 0 Å². The van der Waals surface area contributed by atoms with E-state index in [2.05, 4.69) is 9.72 Å². The summed E-state index contributed by atoms with van der Waals surface area (Å²) in [5.74, 6) is 0.119. The molecule has 0 N–H and O–H groups in total. The number of carbonyl (C=O) groups is 3. The third-order valence-electron chi connectivity index (χ3n) is 3.87. The molecule has 0 saturated carbocycles. The summed E-state index contributed by atoms with van der Waals surface area (Å²) in [6.07, 6.45) is 0.916. The topological polar surface area (TPSA) is 89.0 Å². The standard InChI is InChI=1S/C16H19N3O5/c1-10(2)24-13-4-3-12(5-17-13)15(21)18-6-11(7-18)8-19-14(20)9-23-16(19)22/h3-5,10-11H,6-9H2,1-2H3. The van der Waals surface area contributed by atoms with E-state index in [1.54, 1.807) is 17.0 Å². The first-order chi connectivity index (χ1) is 11.4. The van der Waals surface area contributed by atoms with Crippen molar-refractivity contribution >= 4 is 17.9 Å². The minimum atomic E-state index is -0.602. The Morgan fingerprint density at radius 2 is 2.12 bits per heavy atom. The van der Waals surface area contributed by atoms with Crippen LogP contribution in [-0.4, -0.2) is 65.0 Å². The third kappa shape index (κ3) is 3.32. The summed E-state index contributed by atoms with van der Waals surface area (Å²) >= 11 is 0. The van der Waals surface area contributed by atoms with Gasteiger partial charge in [0.25, 0.3) is 11.8 Å². The van der Waals surface area contributed by atoms with Crippen LogP contribution in [0.25, 0.3) is 0 Å². The minimum absolute atomic E-state index is 0.0233. The van der Waals surface area contributed by atoms with Gasteiger partial charge in [-0.2, -0.15) is 0 Å². The zero-order valence-corrected chi connectivity index (χ0v) is 13.6. The van der Waals surface area contributed by atoms with Gasteiger partial charge >= 0.3 is 6.09 Å². The highest BCUT2D eigenvalue weighted by atomic mass is 16.6. The molecule has 0 radical (unpaired) electrons. The molecule has 128 valence electrons. The number of pyridine rings is 1. The second kappa shape index (κ2) is 6.46. The Balaban J connectivity index is 1.51. The molecule has 0 bridgehead atoms. The van der Waals surface area contributed by atoms with Gasteiger partial charge in [0.1, 0.15) is 0 Å². The molecule has 24 heavy (non-hydrogen) atoms. The predicted molar refractivity (Wildman–Crippen MR) is 82.5 cm³/mol. The number of amides is 3. The second-order valence-corrected chi connectivity index (χ2v) is 6.19. The van der Waals surface area contributed by atoms with Crippen LogP contribution in [0.3, 0.4) is 0 Å². The molecule has 8 heteroatoms. The van der Waals surface area contributed by atoms with E-state index in [0.29, 0.717) is 31.1 Å². The van der Waals surface area contributed by atoms with Crippen molar-refractivity contribution in [2.45, 2.75) is 20.0 Å². The fourth-order valence-corrected chi connectivity index (χ4v) is 2.67. The van der Waals surface area contributed by atoms with E-state index in [9.17, 15) is 14.4 Å². The first-order valence-corrected chi connectivity index (χ1v) is 7.83. The van der Waals surface area contributed by atoms with Crippen LogP contribution in [0.1, 0.15) is 24.2 Å². The number of aromatic nitrogens is 1. The van der Waals surface area contributed by atoms with Gasteiger partial charge < -0.3 is 14.4 Å². The lowest BCUT2D eigenvalue weighted by atomic mass is 9.98. The van der Waals surface area contributed by atoms with Crippen LogP contribution in [0, 0.1) is 5.92 Å². The van der Waals surface area contributed by atoms with Crippen molar-refractivity contribution in [1.82, 2.24) is 14.8 Å². The van der Waals surface area contributed by atoms with Crippen LogP contribution in [0.4, 0.5) is 4.79 Å². The number of hydrogen-bond acceptors (Lipinski definition) is 6. The number of imide groups is 1. The smallest absolute Gasteiger partial charge is 0.417 e. The highest BCUT2D eigenvalue weighted by molar-refractivity contribution is 5.98. The normalized spacial score (nSPS) is 18.0. The van der Waals surface area contributed by atoms with Gasteiger partial charge in [0, 0.05) is 37.8 Å². The molecule has 3 heterocycles. The highest BCUT2D eigenvalue weighted by Crippen LogP contribution is 2.22. The van der Waals surface area contributed by atoms with Gasteiger partial charge in [-0.3, -0.25) is 9.59 Å². The summed E-state index contributed by atoms with van der Waals surface area (Å²) in [6, 6.07) is 3.35. The van der Waals surface area contributed by atoms with Crippen molar-refractivity contribution in [1.29, 1.82) is 0 Å². The molecule has 0 aromatic carbocycles. The molecular formula is C16H19N3O5. The molecule has 3 amide bonds. The molecule has 2 aliphatic rings. The first kappa shape index (κ1) is 16.2. The Morgan fingerprint density at radius 3 is 2.67 bits per heavy atom. The Hall–Kier alpha value is -2.64. The SMILES string of the molecule is CC(C)Oc1ccc(C(=O)N2CC(CN3C(=O)COC3=O)C2)cn1. The van der Waals surface area contributed by atoms with E-state index >= 15 is 0 Å². The van der Waals surface area contributed by atoms with Crippen molar-refractivity contribution in [2.24, 2.45) is 5.92 Å². The molecule has 0 spiro atoms. The van der Waals surface area contributed by atoms with Gasteiger partial charge in [0.2, 0.25) is 5.88 Å². The number of carbonyl (C=O) groups excluding carboxylic acids is 3. The lowest BCUT2D eigenvalue weighted by Gasteiger charge is -2.40. The Morgan fingerprint density at radius 1 is 1.38 bits per heavy atom. The van der Waals surface area contributed by atoms with Crippen LogP contribution in [0.15, 0.2) is 18.3 Å². The Bertz CT molecular complexity index is 636. The van der Waals surface area contributed by atoms with Crippen LogP contribution in [-0.2, 0) is 9.53 Å². The number of hydrogen-bond donors (Lipinski definition) is 0. The average molecular weight is 333 g/mol. The van der Waals surface area contributed by atoms with Crippen molar-refractivity contribution < 1.29 is 23.9 Å². The van der Waals surface area contributed by atoms with Crippen molar-refractivity contribution in [3.8, 4) is 5.88 Å². The van der Waals surface area contributed by atoms with Crippen LogP contribution in [0.2, 0.25) is 0 Å². The van der Waals surface area contributed by atoms with E-state index in [-0.39, 0.29) is 30.4 Å². The molecule has 2 saturated heterocycles. The zero-order chi connectivity index (χ0) is 17.3. The van der Waals surface area contributed by atoms with Gasteiger partial charge in [0.05, 0.1) is 11.7 Å². The maximum Gasteiger partial charge on any atom is 0.417 e. The lowest BCUT2D eigenvalue weighted by Crippen LogP contribution is -2.54. The summed E-state index contributed by atoms with van der Waals surface area (Å²) in [4.78, 5) is 42.1. The summed E-state index contributed by atoms with van der Waals surface area (Å²) in [7, 11) is 0. The maximum absolute atomic E-state index is 12.3. The first-order valence-electron chi connectivity index (χ1n) is 7.83. The monoisotopic (exact) mass is 333 g/mol. The molecule has 0 aliphatic carbocycles. The largest absolute Gasteiger partial charge is 0.475 e. The lowest BCUT2D eigenvalue weighted by molar-refractivity contribution is -0.126. The predicted octanol–water partition coefficient (Wildman–Crippen LogP) is 0.920. The average Bonchev–Trinajstić information content (AvgIpc) is 2.81. The number of nitrogens with zero attached hydrogens (tertiary/aromatic N) is 3. The van der Waals surface area contributed by atoms with Gasteiger partial charge in [-0.05, 0) is 19.9 Å². The fourth-order valence-electron chi connectivity index (χ4n) is 2.67. The molecule has 3 rings (SSSR count). The second-order valence-electron chi connectivity index (χ2n) is 6.19. The van der Waals surface area contributed by atoms with Crippen LogP contribution < -0.4 is 4.74 Å². The van der Waals surface area contributed by atoms with E-state index in [1.165, 1.54) is 6.20 Å². The number of cyclic esters (lactones) is 1. The zero-order valence-electron chi connectivity index (χ0n) is 13.6. The van der Waals surface area contributed by atoms with Crippen molar-refractivity contribution in [2.75, 3.05) is 26.2 Å². The van der Waals surface area contributed by atoms with E-state index < -0.39 is 6.09 Å². The highest BCUT2D eigenvalue weighted by Gasteiger charge is 2.38. The van der Waals surface area contributed by atoms with Gasteiger partial charge in [-0.25, -0.2) is 14.7 Å². The molecule has 8 nitrogen and oxygen atoms in total. The molecule has 1 aromatic rings. The van der Waals surface area contributed by atoms with Crippen LogP contribution in [0.5, 0.6) is 5.88 Å². The minimum Gasteiger partial charge on any atom is -0.475 e. The molecule has 2 aliphatic heterocycles. The number of rotatable bonds is 5. The molecule has 2 fully saturated rings. The third-order valence-corrected chi connectivity index (χ3v) is 3.87. The van der Waals surface area contributed by atoms with Crippen molar-refractivity contribution in [3.63, 3.8) is 0 Å². The summed E-state index contributed by atoms with van der Waals surface area (Å²) in [5.41, 5.74) is 0.487. The fraction of sp³-hybridized carbons (Fsp3) is 0.500. The Kier molecular flexibility index (Phi) is 4.37. The van der Waals surface area contributed by atoms with E-state index in [1.807, 2.05) is 13.8 Å². The quantitative estimate of drug-likeness (QED) is 0.796. The number of likely N-dealkylation sites (tertiary alicyclic amines) is 1. The molecule has 0 atom stereocenters. The molecule has 1 aromatic heterocycles. The van der Waals surface area contributed by atoms with E-state index in [4.69, 9.17) is 4.74 Å². The molecule has 0 unspecified atom stereocenters. The number of ether oxygens (including phenoxy) is 2. The summed E-state index contributed by atoms with van der Waals surface area (Å²) < 4.78 is 10.1. The van der Waals surface area contributed by atoms with E-state index in [0.717, 1.165) is 4.90 Å². The van der Waals surface area contributed by atoms with Gasteiger partial charge in [-0.15, -0.1) is 0 Å². The summed E-state index contributed by atoms with van der Waals surface area (Å²) in [6.45, 7) is 4.91. The Labute approximate surface area is 139 Å². The molecular weight excluding hydrogens is 314 g/mol. The maximum atomic E-state index is 12.3.